The standard InChI is InChI=1S/C24H14N6/c1-3-19-21(29-23(27-19)15-5-9-25-10-6-15)13-17(1)18-2-4-20-22(14-18)30-24(28-20)16-7-11-26-12-8-16/h1-14H. The highest BCUT2D eigenvalue weighted by Crippen LogP contribution is 2.18. The molecule has 0 N–H and O–H groups in total. The Bertz CT molecular complexity index is 1450. The van der Waals surface area contributed by atoms with Gasteiger partial charge in [0.25, 0.3) is 0 Å². The zero-order chi connectivity index (χ0) is 19.9. The van der Waals surface area contributed by atoms with Crippen molar-refractivity contribution in [2.75, 3.05) is 0 Å². The molecule has 0 fully saturated rings. The molecule has 2 aromatic heterocycles. The molecular formula is C24H14N6. The highest BCUT2D eigenvalue weighted by molar-refractivity contribution is 6.03. The molecule has 0 atom stereocenters. The predicted octanol–water partition coefficient (Wildman–Crippen LogP) is 3.19. The summed E-state index contributed by atoms with van der Waals surface area (Å²) in [5.74, 6) is 1.42. The summed E-state index contributed by atoms with van der Waals surface area (Å²) in [5, 5.41) is 3.89. The number of amidine groups is 2. The molecule has 4 aromatic rings. The van der Waals surface area contributed by atoms with Crippen LogP contribution in [0, 0.1) is 10.4 Å². The predicted molar refractivity (Wildman–Crippen MR) is 114 cm³/mol. The summed E-state index contributed by atoms with van der Waals surface area (Å²) < 4.78 is 0. The van der Waals surface area contributed by atoms with E-state index < -0.39 is 0 Å². The Kier molecular flexibility index (Phi) is 3.67. The van der Waals surface area contributed by atoms with Gasteiger partial charge in [0.1, 0.15) is 0 Å². The smallest absolute Gasteiger partial charge is 0.160 e. The van der Waals surface area contributed by atoms with Crippen LogP contribution >= 0.6 is 0 Å². The average Bonchev–Trinajstić information content (AvgIpc) is 3.43. The van der Waals surface area contributed by atoms with Crippen LogP contribution in [-0.4, -0.2) is 21.6 Å². The average molecular weight is 386 g/mol. The highest BCUT2D eigenvalue weighted by Gasteiger charge is 2.11. The summed E-state index contributed by atoms with van der Waals surface area (Å²) in [7, 11) is 0. The number of aromatic nitrogens is 2. The molecule has 0 saturated heterocycles. The number of benzene rings is 2. The Balaban J connectivity index is 1.45. The molecule has 0 radical (unpaired) electrons. The summed E-state index contributed by atoms with van der Waals surface area (Å²) in [6.45, 7) is 0. The SMILES string of the molecule is c1cc(C2=Nc3cc(=c4ccc5c(c4)N=C(c4ccncc4)N=5)ccc3=N2)ccn1. The summed E-state index contributed by atoms with van der Waals surface area (Å²) in [6.07, 6.45) is 6.99. The van der Waals surface area contributed by atoms with E-state index in [4.69, 9.17) is 9.98 Å². The zero-order valence-corrected chi connectivity index (χ0v) is 15.8. The van der Waals surface area contributed by atoms with Crippen molar-refractivity contribution < 1.29 is 0 Å². The van der Waals surface area contributed by atoms with Crippen molar-refractivity contribution in [2.24, 2.45) is 20.0 Å². The maximum Gasteiger partial charge on any atom is 0.160 e. The molecule has 0 unspecified atom stereocenters. The van der Waals surface area contributed by atoms with Crippen LogP contribution in [0.5, 0.6) is 0 Å². The molecule has 0 bridgehead atoms. The van der Waals surface area contributed by atoms with Gasteiger partial charge < -0.3 is 0 Å². The van der Waals surface area contributed by atoms with E-state index in [0.29, 0.717) is 11.7 Å². The van der Waals surface area contributed by atoms with Crippen molar-refractivity contribution in [3.8, 4) is 0 Å². The fourth-order valence-corrected chi connectivity index (χ4v) is 3.54. The van der Waals surface area contributed by atoms with E-state index in [2.05, 4.69) is 44.2 Å². The first-order valence-corrected chi connectivity index (χ1v) is 9.54. The van der Waals surface area contributed by atoms with Crippen LogP contribution in [0.25, 0.3) is 0 Å². The van der Waals surface area contributed by atoms with Gasteiger partial charge in [-0.3, -0.25) is 9.97 Å². The minimum Gasteiger partial charge on any atom is -0.265 e. The first-order chi connectivity index (χ1) is 14.8. The summed E-state index contributed by atoms with van der Waals surface area (Å²) in [5.41, 5.74) is 3.65. The van der Waals surface area contributed by atoms with E-state index in [9.17, 15) is 0 Å². The molecule has 4 heterocycles. The Morgan fingerprint density at radius 1 is 0.433 bits per heavy atom. The van der Waals surface area contributed by atoms with Crippen LogP contribution in [-0.2, 0) is 0 Å². The lowest BCUT2D eigenvalue weighted by atomic mass is 10.2. The van der Waals surface area contributed by atoms with E-state index in [1.165, 1.54) is 0 Å². The molecule has 0 saturated carbocycles. The number of aliphatic imine (C=N–C) groups is 2. The maximum absolute atomic E-state index is 4.70. The summed E-state index contributed by atoms with van der Waals surface area (Å²) in [6, 6.07) is 19.9. The van der Waals surface area contributed by atoms with Crippen LogP contribution < -0.4 is 10.7 Å². The molecule has 30 heavy (non-hydrogen) atoms. The van der Waals surface area contributed by atoms with Crippen LogP contribution in [0.2, 0.25) is 0 Å². The highest BCUT2D eigenvalue weighted by atomic mass is 15.0. The van der Waals surface area contributed by atoms with Gasteiger partial charge in [-0.15, -0.1) is 0 Å². The number of hydrogen-bond donors (Lipinski definition) is 0. The molecule has 0 amide bonds. The van der Waals surface area contributed by atoms with Gasteiger partial charge in [-0.25, -0.2) is 20.0 Å². The van der Waals surface area contributed by atoms with Gasteiger partial charge in [-0.1, -0.05) is 12.1 Å². The maximum atomic E-state index is 4.70. The molecule has 6 heteroatoms. The van der Waals surface area contributed by atoms with Gasteiger partial charge in [0.15, 0.2) is 11.7 Å². The van der Waals surface area contributed by atoms with E-state index >= 15 is 0 Å². The monoisotopic (exact) mass is 386 g/mol. The zero-order valence-electron chi connectivity index (χ0n) is 15.8. The lowest BCUT2D eigenvalue weighted by Crippen LogP contribution is -2.01. The van der Waals surface area contributed by atoms with Gasteiger partial charge in [0.05, 0.1) is 22.1 Å². The van der Waals surface area contributed by atoms with E-state index in [-0.39, 0.29) is 0 Å². The van der Waals surface area contributed by atoms with Crippen molar-refractivity contribution >= 4 is 23.0 Å². The van der Waals surface area contributed by atoms with Crippen molar-refractivity contribution in [1.82, 2.24) is 9.97 Å². The fourth-order valence-electron chi connectivity index (χ4n) is 3.54. The van der Waals surface area contributed by atoms with Gasteiger partial charge in [0.2, 0.25) is 0 Å². The Labute approximate surface area is 171 Å². The largest absolute Gasteiger partial charge is 0.265 e. The second kappa shape index (κ2) is 6.63. The fraction of sp³-hybridized carbons (Fsp3) is 0. The summed E-state index contributed by atoms with van der Waals surface area (Å²) in [4.78, 5) is 26.8. The van der Waals surface area contributed by atoms with E-state index in [1.807, 2.05) is 36.4 Å². The lowest BCUT2D eigenvalue weighted by molar-refractivity contribution is 1.31. The number of hydrogen-bond acceptors (Lipinski definition) is 6. The number of fused-ring (bicyclic) bond motifs is 2. The van der Waals surface area contributed by atoms with Crippen molar-refractivity contribution in [3.05, 3.63) is 118 Å². The van der Waals surface area contributed by atoms with Crippen LogP contribution in [0.15, 0.2) is 105 Å². The molecule has 0 aliphatic carbocycles. The third kappa shape index (κ3) is 2.82. The number of rotatable bonds is 2. The van der Waals surface area contributed by atoms with Crippen LogP contribution in [0.3, 0.4) is 0 Å². The van der Waals surface area contributed by atoms with E-state index in [1.54, 1.807) is 24.8 Å². The molecule has 2 aliphatic heterocycles. The van der Waals surface area contributed by atoms with Crippen molar-refractivity contribution in [2.45, 2.75) is 0 Å². The first-order valence-electron chi connectivity index (χ1n) is 9.54. The van der Waals surface area contributed by atoms with Gasteiger partial charge in [-0.2, -0.15) is 0 Å². The lowest BCUT2D eigenvalue weighted by Gasteiger charge is -1.95. The van der Waals surface area contributed by atoms with Crippen molar-refractivity contribution in [1.29, 1.82) is 0 Å². The third-order valence-corrected chi connectivity index (χ3v) is 5.07. The van der Waals surface area contributed by atoms with Gasteiger partial charge in [0, 0.05) is 35.9 Å². The first kappa shape index (κ1) is 16.6. The van der Waals surface area contributed by atoms with Gasteiger partial charge >= 0.3 is 0 Å². The Morgan fingerprint density at radius 2 is 0.867 bits per heavy atom. The van der Waals surface area contributed by atoms with E-state index in [0.717, 1.165) is 43.7 Å². The molecule has 6 nitrogen and oxygen atoms in total. The Hall–Kier alpha value is -4.32. The molecule has 140 valence electrons. The summed E-state index contributed by atoms with van der Waals surface area (Å²) >= 11 is 0. The molecule has 0 spiro atoms. The molecule has 2 aliphatic rings. The number of nitrogens with zero attached hydrogens (tertiary/aromatic N) is 6. The second-order valence-corrected chi connectivity index (χ2v) is 6.97. The number of pyridine rings is 2. The third-order valence-electron chi connectivity index (χ3n) is 5.07. The minimum absolute atomic E-state index is 0.712. The quantitative estimate of drug-likeness (QED) is 0.531. The normalized spacial score (nSPS) is 14.8. The van der Waals surface area contributed by atoms with Gasteiger partial charge in [-0.05, 0) is 59.0 Å². The molecular weight excluding hydrogens is 372 g/mol. The Morgan fingerprint density at radius 3 is 1.30 bits per heavy atom. The molecule has 2 aromatic carbocycles. The van der Waals surface area contributed by atoms with Crippen molar-refractivity contribution in [3.63, 3.8) is 0 Å². The topological polar surface area (TPSA) is 75.2 Å². The van der Waals surface area contributed by atoms with Crippen LogP contribution in [0.1, 0.15) is 11.1 Å². The molecule has 6 rings (SSSR count). The second-order valence-electron chi connectivity index (χ2n) is 6.97. The minimum atomic E-state index is 0.712. The van der Waals surface area contributed by atoms with Crippen LogP contribution in [0.4, 0.5) is 11.4 Å².